The van der Waals surface area contributed by atoms with Gasteiger partial charge in [-0.15, -0.1) is 10.2 Å². The predicted octanol–water partition coefficient (Wildman–Crippen LogP) is 4.27. The van der Waals surface area contributed by atoms with E-state index in [1.165, 1.54) is 0 Å². The van der Waals surface area contributed by atoms with Gasteiger partial charge in [-0.25, -0.2) is 9.67 Å². The Kier molecular flexibility index (Phi) is 5.75. The molecule has 0 unspecified atom stereocenters. The predicted molar refractivity (Wildman–Crippen MR) is 128 cm³/mol. The molecule has 1 fully saturated rings. The van der Waals surface area contributed by atoms with Crippen LogP contribution in [0.2, 0.25) is 10.0 Å². The summed E-state index contributed by atoms with van der Waals surface area (Å²) >= 11 is 12.2. The number of anilines is 2. The summed E-state index contributed by atoms with van der Waals surface area (Å²) in [4.78, 5) is 6.86. The van der Waals surface area contributed by atoms with Crippen molar-refractivity contribution in [2.45, 2.75) is 39.0 Å². The standard InChI is InChI=1S/C22H23Cl2N7O/c1-2-31-21-16(12-27-31)19-15(11-26-21)22(30-7-5-14(32)6-8-30)29-28-20(19)25-10-13-3-4-17(23)18(24)9-13/h3-4,9,11-12,14,32H,2,5-8,10H2,1H3,(H,25,28). The van der Waals surface area contributed by atoms with Crippen molar-refractivity contribution in [2.24, 2.45) is 0 Å². The second-order valence-electron chi connectivity index (χ2n) is 7.94. The summed E-state index contributed by atoms with van der Waals surface area (Å²) in [6, 6.07) is 5.55. The molecule has 0 bridgehead atoms. The highest BCUT2D eigenvalue weighted by molar-refractivity contribution is 6.42. The smallest absolute Gasteiger partial charge is 0.160 e. The Morgan fingerprint density at radius 1 is 1.09 bits per heavy atom. The summed E-state index contributed by atoms with van der Waals surface area (Å²) in [5.41, 5.74) is 1.80. The van der Waals surface area contributed by atoms with Crippen molar-refractivity contribution >= 4 is 56.6 Å². The van der Waals surface area contributed by atoms with Crippen molar-refractivity contribution in [3.05, 3.63) is 46.2 Å². The zero-order valence-electron chi connectivity index (χ0n) is 17.6. The van der Waals surface area contributed by atoms with Gasteiger partial charge in [0.25, 0.3) is 0 Å². The lowest BCUT2D eigenvalue weighted by atomic mass is 10.1. The van der Waals surface area contributed by atoms with Crippen LogP contribution in [0.25, 0.3) is 21.8 Å². The van der Waals surface area contributed by atoms with E-state index in [0.717, 1.165) is 52.8 Å². The van der Waals surface area contributed by atoms with Crippen LogP contribution in [-0.4, -0.2) is 49.3 Å². The van der Waals surface area contributed by atoms with E-state index in [9.17, 15) is 5.11 Å². The first-order chi connectivity index (χ1) is 15.5. The number of aliphatic hydroxyl groups excluding tert-OH is 1. The van der Waals surface area contributed by atoms with Gasteiger partial charge in [-0.05, 0) is 37.5 Å². The Morgan fingerprint density at radius 3 is 2.66 bits per heavy atom. The molecule has 2 N–H and O–H groups in total. The number of benzene rings is 1. The summed E-state index contributed by atoms with van der Waals surface area (Å²) < 4.78 is 1.87. The lowest BCUT2D eigenvalue weighted by Crippen LogP contribution is -2.36. The minimum Gasteiger partial charge on any atom is -0.393 e. The van der Waals surface area contributed by atoms with Crippen LogP contribution in [0.4, 0.5) is 11.6 Å². The van der Waals surface area contributed by atoms with E-state index in [1.54, 1.807) is 6.07 Å². The fourth-order valence-electron chi connectivity index (χ4n) is 4.15. The van der Waals surface area contributed by atoms with Gasteiger partial charge in [0.05, 0.1) is 27.7 Å². The van der Waals surface area contributed by atoms with E-state index < -0.39 is 0 Å². The van der Waals surface area contributed by atoms with Crippen molar-refractivity contribution < 1.29 is 5.11 Å². The van der Waals surface area contributed by atoms with E-state index in [0.29, 0.717) is 35.2 Å². The third-order valence-corrected chi connectivity index (χ3v) is 6.64. The molecule has 0 aliphatic carbocycles. The average Bonchev–Trinajstić information content (AvgIpc) is 3.23. The Bertz CT molecular complexity index is 1280. The molecule has 3 aromatic heterocycles. The number of aryl methyl sites for hydroxylation is 1. The zero-order valence-corrected chi connectivity index (χ0v) is 19.1. The van der Waals surface area contributed by atoms with Crippen molar-refractivity contribution in [2.75, 3.05) is 23.3 Å². The van der Waals surface area contributed by atoms with Gasteiger partial charge in [-0.1, -0.05) is 29.3 Å². The van der Waals surface area contributed by atoms with E-state index in [1.807, 2.05) is 36.1 Å². The first-order valence-electron chi connectivity index (χ1n) is 10.7. The Hall–Kier alpha value is -2.68. The average molecular weight is 472 g/mol. The molecule has 1 aliphatic heterocycles. The number of aliphatic hydroxyl groups is 1. The molecule has 4 aromatic rings. The number of nitrogens with one attached hydrogen (secondary N) is 1. The van der Waals surface area contributed by atoms with Gasteiger partial charge < -0.3 is 15.3 Å². The minimum absolute atomic E-state index is 0.259. The fourth-order valence-corrected chi connectivity index (χ4v) is 4.48. The van der Waals surface area contributed by atoms with E-state index in [4.69, 9.17) is 23.2 Å². The summed E-state index contributed by atoms with van der Waals surface area (Å²) in [5, 5.41) is 30.7. The van der Waals surface area contributed by atoms with Crippen LogP contribution < -0.4 is 10.2 Å². The van der Waals surface area contributed by atoms with Crippen molar-refractivity contribution in [1.29, 1.82) is 0 Å². The maximum atomic E-state index is 9.90. The molecular formula is C22H23Cl2N7O. The molecule has 0 radical (unpaired) electrons. The van der Waals surface area contributed by atoms with Crippen molar-refractivity contribution in [3.8, 4) is 0 Å². The van der Waals surface area contributed by atoms with Crippen molar-refractivity contribution in [1.82, 2.24) is 25.0 Å². The lowest BCUT2D eigenvalue weighted by Gasteiger charge is -2.31. The first-order valence-corrected chi connectivity index (χ1v) is 11.4. The monoisotopic (exact) mass is 471 g/mol. The highest BCUT2D eigenvalue weighted by Crippen LogP contribution is 2.35. The number of fused-ring (bicyclic) bond motifs is 3. The SMILES string of the molecule is CCn1ncc2c3c(NCc4ccc(Cl)c(Cl)c4)nnc(N4CCC(O)CC4)c3cnc21. The maximum Gasteiger partial charge on any atom is 0.160 e. The Morgan fingerprint density at radius 2 is 1.91 bits per heavy atom. The molecule has 1 aromatic carbocycles. The molecule has 32 heavy (non-hydrogen) atoms. The van der Waals surface area contributed by atoms with Crippen LogP contribution in [0.1, 0.15) is 25.3 Å². The number of aromatic nitrogens is 5. The maximum absolute atomic E-state index is 9.90. The number of hydrogen-bond acceptors (Lipinski definition) is 7. The Labute approximate surface area is 195 Å². The van der Waals surface area contributed by atoms with Gasteiger partial charge in [-0.2, -0.15) is 5.10 Å². The first kappa shape index (κ1) is 21.2. The van der Waals surface area contributed by atoms with Gasteiger partial charge in [0.1, 0.15) is 0 Å². The van der Waals surface area contributed by atoms with Gasteiger partial charge in [0.2, 0.25) is 0 Å². The molecule has 166 valence electrons. The largest absolute Gasteiger partial charge is 0.393 e. The molecule has 0 spiro atoms. The third-order valence-electron chi connectivity index (χ3n) is 5.90. The molecule has 10 heteroatoms. The van der Waals surface area contributed by atoms with Crippen molar-refractivity contribution in [3.63, 3.8) is 0 Å². The summed E-state index contributed by atoms with van der Waals surface area (Å²) in [6.07, 6.45) is 4.85. The van der Waals surface area contributed by atoms with E-state index in [-0.39, 0.29) is 6.10 Å². The number of rotatable bonds is 5. The highest BCUT2D eigenvalue weighted by Gasteiger charge is 2.23. The van der Waals surface area contributed by atoms with Gasteiger partial charge in [0, 0.05) is 43.1 Å². The lowest BCUT2D eigenvalue weighted by molar-refractivity contribution is 0.145. The second-order valence-corrected chi connectivity index (χ2v) is 8.75. The molecule has 4 heterocycles. The second kappa shape index (κ2) is 8.69. The summed E-state index contributed by atoms with van der Waals surface area (Å²) in [5.74, 6) is 1.44. The van der Waals surface area contributed by atoms with Crippen LogP contribution in [0.5, 0.6) is 0 Å². The van der Waals surface area contributed by atoms with Crippen LogP contribution in [-0.2, 0) is 13.1 Å². The molecule has 0 atom stereocenters. The Balaban J connectivity index is 1.59. The normalized spacial score (nSPS) is 15.1. The van der Waals surface area contributed by atoms with Gasteiger partial charge >= 0.3 is 0 Å². The molecule has 0 saturated carbocycles. The van der Waals surface area contributed by atoms with Crippen LogP contribution in [0.15, 0.2) is 30.6 Å². The number of hydrogen-bond donors (Lipinski definition) is 2. The summed E-state index contributed by atoms with van der Waals surface area (Å²) in [7, 11) is 0. The van der Waals surface area contributed by atoms with E-state index >= 15 is 0 Å². The van der Waals surface area contributed by atoms with Crippen LogP contribution in [0.3, 0.4) is 0 Å². The zero-order chi connectivity index (χ0) is 22.2. The summed E-state index contributed by atoms with van der Waals surface area (Å²) in [6.45, 7) is 4.74. The minimum atomic E-state index is -0.259. The molecule has 0 amide bonds. The quantitative estimate of drug-likeness (QED) is 0.448. The highest BCUT2D eigenvalue weighted by atomic mass is 35.5. The topological polar surface area (TPSA) is 92.0 Å². The van der Waals surface area contributed by atoms with Gasteiger partial charge in [0.15, 0.2) is 17.3 Å². The molecule has 1 saturated heterocycles. The molecule has 1 aliphatic rings. The number of halogens is 2. The molecular weight excluding hydrogens is 449 g/mol. The molecule has 8 nitrogen and oxygen atoms in total. The van der Waals surface area contributed by atoms with E-state index in [2.05, 4.69) is 30.5 Å². The number of piperidine rings is 1. The third kappa shape index (κ3) is 3.83. The van der Waals surface area contributed by atoms with Crippen LogP contribution >= 0.6 is 23.2 Å². The fraction of sp³-hybridized carbons (Fsp3) is 0.364. The number of nitrogens with zero attached hydrogens (tertiary/aromatic N) is 6. The molecule has 5 rings (SSSR count). The van der Waals surface area contributed by atoms with Crippen LogP contribution in [0, 0.1) is 0 Å². The van der Waals surface area contributed by atoms with Gasteiger partial charge in [-0.3, -0.25) is 0 Å². The number of pyridine rings is 1.